The maximum Gasteiger partial charge on any atom is 0.413 e. The Kier molecular flexibility index (Phi) is 38.3. The van der Waals surface area contributed by atoms with E-state index in [9.17, 15) is 67.1 Å². The Morgan fingerprint density at radius 3 is 1.02 bits per heavy atom. The van der Waals surface area contributed by atoms with Gasteiger partial charge in [0, 0.05) is 124 Å². The molecule has 12 rings (SSSR count). The summed E-state index contributed by atoms with van der Waals surface area (Å²) in [6, 6.07) is 7.24. The molecule has 131 heavy (non-hydrogen) atoms. The minimum Gasteiger partial charge on any atom is -0.474 e. The number of amides is 13. The summed E-state index contributed by atoms with van der Waals surface area (Å²) in [5.41, 5.74) is 14.3. The van der Waals surface area contributed by atoms with Crippen LogP contribution in [0, 0.1) is 75.0 Å². The Hall–Kier alpha value is -11.7. The van der Waals surface area contributed by atoms with E-state index in [-0.39, 0.29) is 71.0 Å². The van der Waals surface area contributed by atoms with Crippen LogP contribution in [0.1, 0.15) is 222 Å². The molecule has 0 aromatic carbocycles. The number of likely N-dealkylation sites (tertiary alicyclic amines) is 7. The first-order valence-electron chi connectivity index (χ1n) is 46.1. The number of aryl methyl sites for hydroxylation is 4. The van der Waals surface area contributed by atoms with Crippen molar-refractivity contribution in [3.05, 3.63) is 71.3 Å². The number of carboxylic acids is 1. The number of nitrogens with two attached hydrogens (primary N) is 2. The van der Waals surface area contributed by atoms with Gasteiger partial charge in [-0.2, -0.15) is 0 Å². The quantitative estimate of drug-likeness (QED) is 0.0659. The van der Waals surface area contributed by atoms with Gasteiger partial charge in [0.1, 0.15) is 34.5 Å². The van der Waals surface area contributed by atoms with Crippen LogP contribution in [0.2, 0.25) is 0 Å². The molecule has 0 spiro atoms. The highest BCUT2D eigenvalue weighted by Gasteiger charge is 2.44. The molecule has 0 bridgehead atoms. The Labute approximate surface area is 770 Å². The number of rotatable bonds is 10. The molecule has 720 valence electrons. The zero-order chi connectivity index (χ0) is 96.6. The number of nitrogens with zero attached hydrogens (tertiary/aromatic N) is 11. The number of carboxylic acid groups (broad SMARTS) is 1. The summed E-state index contributed by atoms with van der Waals surface area (Å²) >= 11 is 0. The van der Waals surface area contributed by atoms with E-state index in [0.29, 0.717) is 115 Å². The van der Waals surface area contributed by atoms with Gasteiger partial charge >= 0.3 is 59.5 Å². The largest absolute Gasteiger partial charge is 0.474 e. The van der Waals surface area contributed by atoms with Crippen LogP contribution in [-0.4, -0.2) is 256 Å². The standard InChI is InChI=1S/C26H39N5O5.2C21H31N5O3.C13H17N3O5.C13H24N2O/c1-16-9-10-21(19-8-7-11-30(15-19)18(3)32)31(14-16)24(34)23(33)28-20-12-17(2)22(27-13-20)29-25(35)36-26(4,5)6;1-13-6-7-18(26(11-13)15(3)27)16-5-4-8-25(12-16)21(29)20(28)24-17-9-14(2)19(22)23-10-17;1-13-6-7-18(16-5-4-8-25(12-16)15(3)27)26(11-13)21(29)20(28)24-17-9-14(2)19(22)23-10-17;1-7-5-8(15-10(17)11(18)19)6-14-9(7)16-12(20)21-13(2,3)4;1-10-5-6-13(14-8-10)12-4-3-7-15(9-12)11(2)16/h12-13,16,19,21H,7-11,14-15H2,1-6H3,(H,28,33)(H,27,29,35);2*9-10,13,16,18H,4-8,11-12H2,1-3H3,(H2,22,23)(H,24,28);5-6H,1-4H3,(H,15,17)(H,18,19)(H,14,16,20);10,12-14H,3-9H2,1-2H3/t16-,19?,21+;2*13-,16?,18+;;10-,12?,13+/m010.0/s1. The molecule has 12 N–H and O–H groups in total. The molecule has 4 aromatic rings. The minimum atomic E-state index is -1.59. The van der Waals surface area contributed by atoms with Crippen LogP contribution in [0.5, 0.6) is 0 Å². The molecule has 37 nitrogen and oxygen atoms in total. The molecule has 0 saturated carbocycles. The third kappa shape index (κ3) is 32.1. The third-order valence-electron chi connectivity index (χ3n) is 25.3. The maximum absolute atomic E-state index is 13.3. The molecule has 8 fully saturated rings. The molecule has 8 saturated heterocycles. The number of pyridine rings is 4. The lowest BCUT2D eigenvalue weighted by molar-refractivity contribution is -0.148. The van der Waals surface area contributed by atoms with Crippen LogP contribution in [0.25, 0.3) is 0 Å². The number of aromatic nitrogens is 4. The smallest absolute Gasteiger partial charge is 0.413 e. The second-order valence-electron chi connectivity index (χ2n) is 38.8. The summed E-state index contributed by atoms with van der Waals surface area (Å²) in [6.07, 6.45) is 20.6. The van der Waals surface area contributed by atoms with Crippen LogP contribution >= 0.6 is 0 Å². The molecular formula is C94H142N20O17. The van der Waals surface area contributed by atoms with Crippen molar-refractivity contribution in [2.24, 2.45) is 47.3 Å². The molecule has 4 aromatic heterocycles. The van der Waals surface area contributed by atoms with Crippen molar-refractivity contribution in [2.75, 3.05) is 122 Å². The molecule has 12 heterocycles. The zero-order valence-corrected chi connectivity index (χ0v) is 79.9. The predicted octanol–water partition coefficient (Wildman–Crippen LogP) is 10.5. The molecule has 0 radical (unpaired) electrons. The van der Waals surface area contributed by atoms with E-state index in [1.165, 1.54) is 56.5 Å². The van der Waals surface area contributed by atoms with Gasteiger partial charge in [0.15, 0.2) is 0 Å². The van der Waals surface area contributed by atoms with E-state index in [2.05, 4.69) is 84.8 Å². The van der Waals surface area contributed by atoms with Gasteiger partial charge < -0.3 is 86.9 Å². The van der Waals surface area contributed by atoms with Gasteiger partial charge in [0.2, 0.25) is 23.6 Å². The van der Waals surface area contributed by atoms with E-state index in [4.69, 9.17) is 26.0 Å². The topological polar surface area (TPSA) is 488 Å². The Morgan fingerprint density at radius 1 is 0.374 bits per heavy atom. The van der Waals surface area contributed by atoms with Crippen molar-refractivity contribution in [1.29, 1.82) is 0 Å². The number of anilines is 8. The van der Waals surface area contributed by atoms with E-state index in [1.54, 1.807) is 130 Å². The number of nitrogens with one attached hydrogen (secondary N) is 7. The third-order valence-corrected chi connectivity index (χ3v) is 25.3. The normalized spacial score (nSPS) is 23.3. The maximum atomic E-state index is 13.3. The fourth-order valence-corrected chi connectivity index (χ4v) is 18.4. The molecule has 12 atom stereocenters. The van der Waals surface area contributed by atoms with E-state index in [0.717, 1.165) is 133 Å². The first kappa shape index (κ1) is 105. The van der Waals surface area contributed by atoms with Crippen molar-refractivity contribution in [1.82, 2.24) is 59.6 Å². The van der Waals surface area contributed by atoms with Gasteiger partial charge in [0.05, 0.1) is 47.5 Å². The lowest BCUT2D eigenvalue weighted by Gasteiger charge is -2.45. The number of hydrogen-bond donors (Lipinski definition) is 10. The predicted molar refractivity (Wildman–Crippen MR) is 498 cm³/mol. The van der Waals surface area contributed by atoms with Crippen LogP contribution in [0.15, 0.2) is 49.1 Å². The minimum absolute atomic E-state index is 0.0159. The average Bonchev–Trinajstić information content (AvgIpc) is 0.811. The van der Waals surface area contributed by atoms with Crippen molar-refractivity contribution >= 4 is 129 Å². The van der Waals surface area contributed by atoms with E-state index >= 15 is 0 Å². The highest BCUT2D eigenvalue weighted by molar-refractivity contribution is 6.41. The number of hydrogen-bond acceptors (Lipinski definition) is 23. The molecule has 0 aliphatic carbocycles. The average molecular weight is 1820 g/mol. The number of piperidine rings is 8. The highest BCUT2D eigenvalue weighted by atomic mass is 16.6. The number of nitrogen functional groups attached to an aromatic ring is 2. The Morgan fingerprint density at radius 2 is 0.687 bits per heavy atom. The summed E-state index contributed by atoms with van der Waals surface area (Å²) in [6.45, 7) is 41.4. The lowest BCUT2D eigenvalue weighted by Crippen LogP contribution is -2.56. The zero-order valence-electron chi connectivity index (χ0n) is 79.9. The van der Waals surface area contributed by atoms with Gasteiger partial charge in [-0.05, 0) is 272 Å². The van der Waals surface area contributed by atoms with Crippen LogP contribution < -0.4 is 48.7 Å². The van der Waals surface area contributed by atoms with Gasteiger partial charge in [-0.25, -0.2) is 34.3 Å². The van der Waals surface area contributed by atoms with Crippen molar-refractivity contribution in [2.45, 2.75) is 263 Å². The number of carbonyl (C=O) groups excluding carboxylic acids is 13. The number of carbonyl (C=O) groups is 14. The summed E-state index contributed by atoms with van der Waals surface area (Å²) in [7, 11) is 0. The van der Waals surface area contributed by atoms with E-state index in [1.807, 2.05) is 19.6 Å². The monoisotopic (exact) mass is 1820 g/mol. The number of aliphatic carboxylic acids is 1. The molecule has 4 unspecified atom stereocenters. The van der Waals surface area contributed by atoms with E-state index < -0.39 is 70.7 Å². The first-order valence-corrected chi connectivity index (χ1v) is 46.1. The Bertz CT molecular complexity index is 4720. The molecule has 8 aliphatic heterocycles. The summed E-state index contributed by atoms with van der Waals surface area (Å²) in [5, 5.41) is 27.3. The van der Waals surface area contributed by atoms with Crippen LogP contribution in [0.3, 0.4) is 0 Å². The second kappa shape index (κ2) is 47.9. The summed E-state index contributed by atoms with van der Waals surface area (Å²) in [5.74, 6) is -1.39. The fraction of sp³-hybridized carbons (Fsp3) is 0.638. The van der Waals surface area contributed by atoms with Gasteiger partial charge in [-0.1, -0.05) is 27.7 Å². The lowest BCUT2D eigenvalue weighted by atomic mass is 9.82. The van der Waals surface area contributed by atoms with Crippen molar-refractivity contribution < 1.29 is 81.7 Å². The summed E-state index contributed by atoms with van der Waals surface area (Å²) < 4.78 is 10.3. The molecule has 8 aliphatic rings. The molecular weight excluding hydrogens is 1680 g/mol. The molecule has 13 amide bonds. The molecule has 37 heteroatoms. The van der Waals surface area contributed by atoms with Crippen molar-refractivity contribution in [3.63, 3.8) is 0 Å². The highest BCUT2D eigenvalue weighted by Crippen LogP contribution is 2.37. The fourth-order valence-electron chi connectivity index (χ4n) is 18.4. The Balaban J connectivity index is 0.000000206. The van der Waals surface area contributed by atoms with Crippen LogP contribution in [-0.2, 0) is 67.0 Å². The van der Waals surface area contributed by atoms with Gasteiger partial charge in [-0.3, -0.25) is 63.4 Å². The number of ether oxygens (including phenoxy) is 2. The van der Waals surface area contributed by atoms with Crippen molar-refractivity contribution in [3.8, 4) is 0 Å². The van der Waals surface area contributed by atoms with Crippen LogP contribution in [0.4, 0.5) is 55.6 Å². The van der Waals surface area contributed by atoms with Gasteiger partial charge in [0.25, 0.3) is 0 Å². The second-order valence-corrected chi connectivity index (χ2v) is 38.8. The van der Waals surface area contributed by atoms with Gasteiger partial charge in [-0.15, -0.1) is 0 Å². The summed E-state index contributed by atoms with van der Waals surface area (Å²) in [4.78, 5) is 199. The first-order chi connectivity index (χ1) is 61.6. The SMILES string of the molecule is CC(=O)N1CCCC([C@H]2CC[C@H](C)CN2)C1.CC(=O)N1CCCC([C@H]2CC[C@H](C)CN2C(=O)C(=O)Nc2cnc(N)c(C)c2)C1.CC(=O)N1CCCC([C@H]2CC[C@H](C)CN2C(=O)C(=O)Nc2cnc(NC(=O)OC(C)(C)C)c(C)c2)C1.CC(=O)N1C[C@H](C)CC[C@H]1C1CCCN(C(=O)C(=O)Nc2cnc(N)c(C)c2)C1.Cc1cc(NC(=O)C(=O)O)cnc1NC(=O)OC(C)(C)C.